The number of nitrogens with one attached hydrogen (secondary N) is 4. The van der Waals surface area contributed by atoms with Gasteiger partial charge in [0.1, 0.15) is 12.1 Å². The van der Waals surface area contributed by atoms with Crippen molar-refractivity contribution in [1.82, 2.24) is 35.9 Å². The maximum atomic E-state index is 14.1. The van der Waals surface area contributed by atoms with E-state index in [0.717, 1.165) is 64.4 Å². The lowest BCUT2D eigenvalue weighted by Gasteiger charge is -2.35. The van der Waals surface area contributed by atoms with Gasteiger partial charge in [0.15, 0.2) is 0 Å². The van der Waals surface area contributed by atoms with Gasteiger partial charge in [0.25, 0.3) is 5.91 Å². The Labute approximate surface area is 426 Å². The minimum atomic E-state index is -0.938. The van der Waals surface area contributed by atoms with Gasteiger partial charge in [-0.3, -0.25) is 29.3 Å². The van der Waals surface area contributed by atoms with Crippen LogP contribution < -0.4 is 16.1 Å². The van der Waals surface area contributed by atoms with Crippen molar-refractivity contribution >= 4 is 51.9 Å². The second kappa shape index (κ2) is 27.8. The van der Waals surface area contributed by atoms with E-state index in [9.17, 15) is 24.3 Å². The van der Waals surface area contributed by atoms with Gasteiger partial charge in [-0.15, -0.1) is 11.3 Å². The average molecular weight is 1010 g/mol. The maximum absolute atomic E-state index is 14.1. The number of likely N-dealkylation sites (tertiary alicyclic amines) is 1. The Balaban J connectivity index is 0.838. The van der Waals surface area contributed by atoms with Crippen molar-refractivity contribution in [3.63, 3.8) is 0 Å². The molecule has 6 rings (SSSR count). The van der Waals surface area contributed by atoms with E-state index in [4.69, 9.17) is 24.2 Å². The Kier molecular flexibility index (Phi) is 21.5. The van der Waals surface area contributed by atoms with Gasteiger partial charge in [0, 0.05) is 62.2 Å². The highest BCUT2D eigenvalue weighted by atomic mass is 32.1. The molecule has 0 aliphatic carbocycles. The summed E-state index contributed by atoms with van der Waals surface area (Å²) in [7, 11) is 0. The van der Waals surface area contributed by atoms with Crippen molar-refractivity contribution < 1.29 is 48.4 Å². The largest absolute Gasteiger partial charge is 0.391 e. The predicted octanol–water partition coefficient (Wildman–Crippen LogP) is 5.99. The van der Waals surface area contributed by atoms with Crippen LogP contribution in [0, 0.1) is 12.3 Å². The van der Waals surface area contributed by atoms with Crippen LogP contribution in [0.1, 0.15) is 74.5 Å². The standard InChI is InChI=1S/C54H71N7O10S/c1-37(41-15-17-42(18-16-41)50-38(2)56-36-72-50)57-52(65)47-32-44(62)35-61(47)53(66)51(54(3,4)5)58-48(63)21-24-68-26-28-70-30-31-71-29-27-69-25-23-60(22-20-43-33-55-46-9-7-6-8-45(43)46)34-40-12-10-39(11-13-40)14-19-49(64)59-67/h6-19,33,36-37,44,47,51,55,62,67H,20-32,34-35H2,1-5H3,(H,57,65)(H,58,63)(H,59,64)/b19-14+/t37-,44+,47+,51+/m0/s1. The van der Waals surface area contributed by atoms with Gasteiger partial charge >= 0.3 is 0 Å². The summed E-state index contributed by atoms with van der Waals surface area (Å²) in [5, 5.41) is 26.5. The highest BCUT2D eigenvalue weighted by molar-refractivity contribution is 7.13. The maximum Gasteiger partial charge on any atom is 0.267 e. The third-order valence-corrected chi connectivity index (χ3v) is 13.5. The van der Waals surface area contributed by atoms with E-state index in [1.54, 1.807) is 22.9 Å². The Hall–Kier alpha value is -5.83. The second-order valence-corrected chi connectivity index (χ2v) is 19.9. The minimum absolute atomic E-state index is 0.0118. The fraction of sp³-hybridized carbons (Fsp3) is 0.463. The van der Waals surface area contributed by atoms with Crippen LogP contribution in [0.5, 0.6) is 0 Å². The van der Waals surface area contributed by atoms with Gasteiger partial charge < -0.3 is 44.6 Å². The van der Waals surface area contributed by atoms with Crippen LogP contribution in [0.3, 0.4) is 0 Å². The van der Waals surface area contributed by atoms with Gasteiger partial charge in [-0.25, -0.2) is 10.5 Å². The zero-order valence-corrected chi connectivity index (χ0v) is 42.9. The monoisotopic (exact) mass is 1010 g/mol. The second-order valence-electron chi connectivity index (χ2n) is 19.0. The number of amides is 4. The number of nitrogens with zero attached hydrogens (tertiary/aromatic N) is 3. The van der Waals surface area contributed by atoms with Crippen LogP contribution in [-0.4, -0.2) is 144 Å². The third kappa shape index (κ3) is 16.9. The summed E-state index contributed by atoms with van der Waals surface area (Å²) in [6, 6.07) is 22.0. The third-order valence-electron chi connectivity index (χ3n) is 12.5. The number of ether oxygens (including phenoxy) is 4. The fourth-order valence-corrected chi connectivity index (χ4v) is 9.27. The van der Waals surface area contributed by atoms with Crippen molar-refractivity contribution in [1.29, 1.82) is 0 Å². The SMILES string of the molecule is Cc1ncsc1-c1ccc([C@H](C)NC(=O)[C@H]2C[C@@H](O)CN2C(=O)[C@@H](NC(=O)CCOCCOCCOCCOCCN(CCc2c[nH]c3ccccc23)Cc2ccc(/C=C/C(=O)NO)cc2)C(C)(C)C)cc1. The van der Waals surface area contributed by atoms with Crippen molar-refractivity contribution in [2.24, 2.45) is 5.41 Å². The summed E-state index contributed by atoms with van der Waals surface area (Å²) in [5.41, 5.74) is 9.99. The zero-order chi connectivity index (χ0) is 51.5. The molecule has 6 N–H and O–H groups in total. The highest BCUT2D eigenvalue weighted by Crippen LogP contribution is 2.30. The first-order valence-electron chi connectivity index (χ1n) is 24.6. The van der Waals surface area contributed by atoms with Gasteiger partial charge in [0.05, 0.1) is 81.1 Å². The van der Waals surface area contributed by atoms with Gasteiger partial charge in [-0.2, -0.15) is 0 Å². The van der Waals surface area contributed by atoms with Crippen LogP contribution >= 0.6 is 11.3 Å². The summed E-state index contributed by atoms with van der Waals surface area (Å²) in [6.45, 7) is 14.5. The number of aromatic nitrogens is 2. The first-order valence-corrected chi connectivity index (χ1v) is 25.5. The average Bonchev–Trinajstić information content (AvgIpc) is 4.11. The van der Waals surface area contributed by atoms with Crippen molar-refractivity contribution in [3.8, 4) is 10.4 Å². The molecule has 0 saturated carbocycles. The number of carbonyl (C=O) groups excluding carboxylic acids is 4. The Morgan fingerprint density at radius 1 is 0.889 bits per heavy atom. The quantitative estimate of drug-likeness (QED) is 0.0148. The van der Waals surface area contributed by atoms with Crippen molar-refractivity contribution in [3.05, 3.63) is 119 Å². The predicted molar refractivity (Wildman–Crippen MR) is 277 cm³/mol. The topological polar surface area (TPSA) is 217 Å². The van der Waals surface area contributed by atoms with Gasteiger partial charge in [0.2, 0.25) is 17.7 Å². The number of β-amino-alcohol motifs (C(OH)–C–C–N with tert-alkyl or cyclic N) is 1. The molecular weight excluding hydrogens is 939 g/mol. The zero-order valence-electron chi connectivity index (χ0n) is 42.1. The highest BCUT2D eigenvalue weighted by Gasteiger charge is 2.44. The number of benzene rings is 3. The molecule has 1 fully saturated rings. The van der Waals surface area contributed by atoms with Gasteiger partial charge in [-0.1, -0.05) is 87.5 Å². The molecule has 72 heavy (non-hydrogen) atoms. The fourth-order valence-electron chi connectivity index (χ4n) is 8.46. The van der Waals surface area contributed by atoms with Crippen molar-refractivity contribution in [2.45, 2.75) is 84.7 Å². The van der Waals surface area contributed by atoms with E-state index < -0.39 is 35.4 Å². The molecular formula is C54H71N7O10S. The lowest BCUT2D eigenvalue weighted by molar-refractivity contribution is -0.144. The first kappa shape index (κ1) is 55.5. The van der Waals surface area contributed by atoms with E-state index in [-0.39, 0.29) is 50.5 Å². The van der Waals surface area contributed by atoms with Crippen LogP contribution in [0.25, 0.3) is 27.4 Å². The molecule has 4 atom stereocenters. The van der Waals surface area contributed by atoms with Crippen LogP contribution in [0.2, 0.25) is 0 Å². The van der Waals surface area contributed by atoms with E-state index in [1.165, 1.54) is 21.9 Å². The molecule has 2 aromatic heterocycles. The molecule has 5 aromatic rings. The number of carbonyl (C=O) groups is 4. The van der Waals surface area contributed by atoms with E-state index >= 15 is 0 Å². The lowest BCUT2D eigenvalue weighted by atomic mass is 9.85. The number of aryl methyl sites for hydroxylation is 1. The van der Waals surface area contributed by atoms with Crippen LogP contribution in [0.4, 0.5) is 0 Å². The van der Waals surface area contributed by atoms with E-state index in [2.05, 4.69) is 49.9 Å². The van der Waals surface area contributed by atoms with Crippen LogP contribution in [-0.2, 0) is 51.1 Å². The van der Waals surface area contributed by atoms with E-state index in [1.807, 2.05) is 94.7 Å². The molecule has 1 saturated heterocycles. The summed E-state index contributed by atoms with van der Waals surface area (Å²) >= 11 is 1.57. The first-order chi connectivity index (χ1) is 34.7. The molecule has 3 heterocycles. The number of hydrogen-bond donors (Lipinski definition) is 6. The summed E-state index contributed by atoms with van der Waals surface area (Å²) < 4.78 is 23.0. The number of aromatic amines is 1. The smallest absolute Gasteiger partial charge is 0.267 e. The number of para-hydroxylation sites is 1. The number of hydroxylamine groups is 1. The molecule has 388 valence electrons. The summed E-state index contributed by atoms with van der Waals surface area (Å²) in [6.07, 6.45) is 5.10. The molecule has 0 unspecified atom stereocenters. The number of aliphatic hydroxyl groups is 1. The molecule has 1 aliphatic heterocycles. The Morgan fingerprint density at radius 2 is 1.56 bits per heavy atom. The molecule has 0 spiro atoms. The number of hydrogen-bond acceptors (Lipinski definition) is 13. The van der Waals surface area contributed by atoms with Crippen molar-refractivity contribution in [2.75, 3.05) is 72.5 Å². The number of thiazole rings is 1. The molecule has 3 aromatic carbocycles. The van der Waals surface area contributed by atoms with Crippen LogP contribution in [0.15, 0.2) is 90.6 Å². The number of aliphatic hydroxyl groups excluding tert-OH is 1. The molecule has 4 amide bonds. The normalized spacial score (nSPS) is 15.9. The molecule has 0 bridgehead atoms. The summed E-state index contributed by atoms with van der Waals surface area (Å²) in [4.78, 5) is 64.7. The Bertz CT molecular complexity index is 2520. The molecule has 18 heteroatoms. The Morgan fingerprint density at radius 3 is 2.21 bits per heavy atom. The van der Waals surface area contributed by atoms with Gasteiger partial charge in [-0.05, 0) is 65.6 Å². The number of rotatable bonds is 28. The molecule has 17 nitrogen and oxygen atoms in total. The lowest BCUT2D eigenvalue weighted by Crippen LogP contribution is -2.58. The summed E-state index contributed by atoms with van der Waals surface area (Å²) in [5.74, 6) is -1.74. The molecule has 1 aliphatic rings. The number of fused-ring (bicyclic) bond motifs is 1. The minimum Gasteiger partial charge on any atom is -0.391 e. The van der Waals surface area contributed by atoms with E-state index in [0.29, 0.717) is 39.6 Å². The number of H-pyrrole nitrogens is 1. The molecule has 0 radical (unpaired) electrons.